The van der Waals surface area contributed by atoms with Gasteiger partial charge in [-0.25, -0.2) is 4.68 Å². The SMILES string of the molecule is Cc1nn(-c2cccc(C(F)(F)F)c2)c(C)c1CC(=O)NC(C)c1ccc(NC(=O)C2CC2)cc1. The van der Waals surface area contributed by atoms with Crippen molar-refractivity contribution in [3.05, 3.63) is 76.6 Å². The first-order valence-corrected chi connectivity index (χ1v) is 11.5. The van der Waals surface area contributed by atoms with Gasteiger partial charge in [0.2, 0.25) is 11.8 Å². The first-order chi connectivity index (χ1) is 16.5. The van der Waals surface area contributed by atoms with Gasteiger partial charge >= 0.3 is 6.18 Å². The highest BCUT2D eigenvalue weighted by molar-refractivity contribution is 5.94. The fraction of sp³-hybridized carbons (Fsp3) is 0.346. The second kappa shape index (κ2) is 9.56. The molecule has 9 heteroatoms. The van der Waals surface area contributed by atoms with Crippen LogP contribution in [0.15, 0.2) is 48.5 Å². The lowest BCUT2D eigenvalue weighted by atomic mass is 10.1. The molecule has 2 aromatic carbocycles. The van der Waals surface area contributed by atoms with Gasteiger partial charge in [-0.15, -0.1) is 0 Å². The lowest BCUT2D eigenvalue weighted by molar-refractivity contribution is -0.137. The van der Waals surface area contributed by atoms with Crippen molar-refractivity contribution < 1.29 is 22.8 Å². The van der Waals surface area contributed by atoms with Gasteiger partial charge in [0.25, 0.3) is 0 Å². The Labute approximate surface area is 201 Å². The second-order valence-electron chi connectivity index (χ2n) is 8.96. The van der Waals surface area contributed by atoms with E-state index in [1.807, 2.05) is 31.2 Å². The third-order valence-corrected chi connectivity index (χ3v) is 6.20. The van der Waals surface area contributed by atoms with Gasteiger partial charge in [0, 0.05) is 22.9 Å². The summed E-state index contributed by atoms with van der Waals surface area (Å²) in [5.41, 5.74) is 3.00. The van der Waals surface area contributed by atoms with Crippen molar-refractivity contribution in [3.8, 4) is 5.69 Å². The van der Waals surface area contributed by atoms with Gasteiger partial charge in [-0.05, 0) is 69.5 Å². The van der Waals surface area contributed by atoms with Crippen LogP contribution >= 0.6 is 0 Å². The van der Waals surface area contributed by atoms with Gasteiger partial charge in [-0.1, -0.05) is 18.2 Å². The third kappa shape index (κ3) is 5.72. The number of halogens is 3. The van der Waals surface area contributed by atoms with Crippen LogP contribution in [0.4, 0.5) is 18.9 Å². The summed E-state index contributed by atoms with van der Waals surface area (Å²) >= 11 is 0. The number of aryl methyl sites for hydroxylation is 1. The van der Waals surface area contributed by atoms with Crippen molar-refractivity contribution in [1.82, 2.24) is 15.1 Å². The molecule has 1 fully saturated rings. The topological polar surface area (TPSA) is 76.0 Å². The molecule has 3 aromatic rings. The van der Waals surface area contributed by atoms with Gasteiger partial charge in [-0.2, -0.15) is 18.3 Å². The van der Waals surface area contributed by atoms with Crippen LogP contribution in [0, 0.1) is 19.8 Å². The zero-order valence-electron chi connectivity index (χ0n) is 19.7. The maximum absolute atomic E-state index is 13.1. The highest BCUT2D eigenvalue weighted by atomic mass is 19.4. The van der Waals surface area contributed by atoms with Gasteiger partial charge < -0.3 is 10.6 Å². The van der Waals surface area contributed by atoms with Crippen LogP contribution in [0.2, 0.25) is 0 Å². The van der Waals surface area contributed by atoms with Crippen molar-refractivity contribution >= 4 is 17.5 Å². The zero-order chi connectivity index (χ0) is 25.3. The number of hydrogen-bond donors (Lipinski definition) is 2. The molecule has 1 aliphatic carbocycles. The number of nitrogens with zero attached hydrogens (tertiary/aromatic N) is 2. The molecule has 0 aliphatic heterocycles. The van der Waals surface area contributed by atoms with Gasteiger partial charge in [-0.3, -0.25) is 9.59 Å². The van der Waals surface area contributed by atoms with Crippen molar-refractivity contribution in [3.63, 3.8) is 0 Å². The first kappa shape index (κ1) is 24.5. The van der Waals surface area contributed by atoms with E-state index in [0.717, 1.165) is 36.2 Å². The van der Waals surface area contributed by atoms with Crippen LogP contribution in [0.3, 0.4) is 0 Å². The number of aromatic nitrogens is 2. The number of amides is 2. The van der Waals surface area contributed by atoms with Crippen LogP contribution in [0.5, 0.6) is 0 Å². The molecule has 1 heterocycles. The summed E-state index contributed by atoms with van der Waals surface area (Å²) in [7, 11) is 0. The Morgan fingerprint density at radius 3 is 2.43 bits per heavy atom. The molecule has 4 rings (SSSR count). The molecule has 1 aromatic heterocycles. The monoisotopic (exact) mass is 484 g/mol. The van der Waals surface area contributed by atoms with Crippen molar-refractivity contribution in [2.24, 2.45) is 5.92 Å². The molecule has 184 valence electrons. The third-order valence-electron chi connectivity index (χ3n) is 6.20. The minimum Gasteiger partial charge on any atom is -0.349 e. The summed E-state index contributed by atoms with van der Waals surface area (Å²) in [6.45, 7) is 5.33. The zero-order valence-corrected chi connectivity index (χ0v) is 19.7. The van der Waals surface area contributed by atoms with Crippen LogP contribution < -0.4 is 10.6 Å². The average Bonchev–Trinajstić information content (AvgIpc) is 3.62. The Balaban J connectivity index is 1.42. The van der Waals surface area contributed by atoms with E-state index in [0.29, 0.717) is 17.0 Å². The fourth-order valence-electron chi connectivity index (χ4n) is 3.98. The summed E-state index contributed by atoms with van der Waals surface area (Å²) in [6.07, 6.45) is -2.53. The smallest absolute Gasteiger partial charge is 0.349 e. The molecule has 1 saturated carbocycles. The highest BCUT2D eigenvalue weighted by Crippen LogP contribution is 2.31. The Bertz CT molecular complexity index is 1240. The minimum absolute atomic E-state index is 0.0375. The number of anilines is 1. The van der Waals surface area contributed by atoms with E-state index in [9.17, 15) is 22.8 Å². The average molecular weight is 485 g/mol. The van der Waals surface area contributed by atoms with Crippen LogP contribution in [0.25, 0.3) is 5.69 Å². The van der Waals surface area contributed by atoms with Gasteiger partial charge in [0.15, 0.2) is 0 Å². The van der Waals surface area contributed by atoms with Crippen LogP contribution in [-0.2, 0) is 22.2 Å². The number of rotatable bonds is 7. The predicted molar refractivity (Wildman–Crippen MR) is 126 cm³/mol. The van der Waals surface area contributed by atoms with E-state index in [1.54, 1.807) is 19.9 Å². The molecule has 0 bridgehead atoms. The molecular formula is C26H27F3N4O2. The van der Waals surface area contributed by atoms with Crippen molar-refractivity contribution in [2.45, 2.75) is 52.3 Å². The minimum atomic E-state index is -4.45. The summed E-state index contributed by atoms with van der Waals surface area (Å²) in [5.74, 6) is -0.0633. The lowest BCUT2D eigenvalue weighted by Crippen LogP contribution is -2.28. The number of alkyl halides is 3. The quantitative estimate of drug-likeness (QED) is 0.479. The predicted octanol–water partition coefficient (Wildman–Crippen LogP) is 5.28. The number of carbonyl (C=O) groups excluding carboxylic acids is 2. The van der Waals surface area contributed by atoms with E-state index >= 15 is 0 Å². The normalized spacial score (nSPS) is 14.5. The molecule has 1 atom stereocenters. The molecule has 0 spiro atoms. The van der Waals surface area contributed by atoms with E-state index in [-0.39, 0.29) is 35.9 Å². The van der Waals surface area contributed by atoms with E-state index in [1.165, 1.54) is 10.7 Å². The molecule has 1 aliphatic rings. The van der Waals surface area contributed by atoms with Crippen LogP contribution in [0.1, 0.15) is 53.9 Å². The molecule has 0 saturated heterocycles. The second-order valence-corrected chi connectivity index (χ2v) is 8.96. The number of benzene rings is 2. The van der Waals surface area contributed by atoms with Gasteiger partial charge in [0.05, 0.1) is 29.4 Å². The Morgan fingerprint density at radius 1 is 1.11 bits per heavy atom. The Morgan fingerprint density at radius 2 is 1.80 bits per heavy atom. The van der Waals surface area contributed by atoms with Crippen molar-refractivity contribution in [2.75, 3.05) is 5.32 Å². The summed E-state index contributed by atoms with van der Waals surface area (Å²) < 4.78 is 40.8. The standard InChI is InChI=1S/C26H27F3N4O2/c1-15(18-9-11-21(12-10-18)31-25(35)19-7-8-19)30-24(34)14-23-16(2)32-33(17(23)3)22-6-4-5-20(13-22)26(27,28)29/h4-6,9-13,15,19H,7-8,14H2,1-3H3,(H,30,34)(H,31,35). The lowest BCUT2D eigenvalue weighted by Gasteiger charge is -2.15. The largest absolute Gasteiger partial charge is 0.416 e. The molecule has 35 heavy (non-hydrogen) atoms. The first-order valence-electron chi connectivity index (χ1n) is 11.5. The molecule has 1 unspecified atom stereocenters. The van der Waals surface area contributed by atoms with Gasteiger partial charge in [0.1, 0.15) is 0 Å². The molecule has 0 radical (unpaired) electrons. The van der Waals surface area contributed by atoms with Crippen LogP contribution in [-0.4, -0.2) is 21.6 Å². The van der Waals surface area contributed by atoms with Crippen molar-refractivity contribution in [1.29, 1.82) is 0 Å². The maximum Gasteiger partial charge on any atom is 0.416 e. The molecule has 2 amide bonds. The fourth-order valence-corrected chi connectivity index (χ4v) is 3.98. The summed E-state index contributed by atoms with van der Waals surface area (Å²) in [4.78, 5) is 24.7. The molecular weight excluding hydrogens is 457 g/mol. The van der Waals surface area contributed by atoms with E-state index in [4.69, 9.17) is 0 Å². The molecule has 2 N–H and O–H groups in total. The molecule has 6 nitrogen and oxygen atoms in total. The number of nitrogens with one attached hydrogen (secondary N) is 2. The number of carbonyl (C=O) groups is 2. The van der Waals surface area contributed by atoms with E-state index < -0.39 is 11.7 Å². The highest BCUT2D eigenvalue weighted by Gasteiger charge is 2.31. The van der Waals surface area contributed by atoms with E-state index in [2.05, 4.69) is 15.7 Å². The Hall–Kier alpha value is -3.62. The summed E-state index contributed by atoms with van der Waals surface area (Å²) in [5, 5.41) is 10.2. The number of hydrogen-bond acceptors (Lipinski definition) is 3. The Kier molecular flexibility index (Phi) is 6.69. The maximum atomic E-state index is 13.1. The summed E-state index contributed by atoms with van der Waals surface area (Å²) in [6, 6.07) is 12.0.